The molecule has 0 aliphatic carbocycles. The molecule has 0 aliphatic rings. The highest BCUT2D eigenvalue weighted by molar-refractivity contribution is 5.99. The molecule has 0 aliphatic heterocycles. The number of nitrogen functional groups attached to an aromatic ring is 1. The van der Waals surface area contributed by atoms with Crippen LogP contribution in [0.15, 0.2) is 18.2 Å². The molecule has 3 N–H and O–H groups in total. The van der Waals surface area contributed by atoms with Crippen LogP contribution >= 0.6 is 0 Å². The number of anilines is 1. The van der Waals surface area contributed by atoms with Crippen molar-refractivity contribution in [3.8, 4) is 0 Å². The van der Waals surface area contributed by atoms with E-state index in [0.29, 0.717) is 11.3 Å². The third-order valence-corrected chi connectivity index (χ3v) is 2.38. The summed E-state index contributed by atoms with van der Waals surface area (Å²) in [6, 6.07) is 4.96. The standard InChI is InChI=1S/C12H15F3N2O/c1-8-3-4-10(16)9(7-8)11(18)17-6-2-5-12(13,14)15/h3-4,7H,2,5-6,16H2,1H3,(H,17,18). The molecule has 0 radical (unpaired) electrons. The van der Waals surface area contributed by atoms with Gasteiger partial charge in [0, 0.05) is 18.7 Å². The number of hydrogen-bond acceptors (Lipinski definition) is 2. The van der Waals surface area contributed by atoms with E-state index < -0.39 is 18.5 Å². The van der Waals surface area contributed by atoms with Gasteiger partial charge in [-0.15, -0.1) is 0 Å². The third-order valence-electron chi connectivity index (χ3n) is 2.38. The molecule has 0 aromatic heterocycles. The van der Waals surface area contributed by atoms with Crippen LogP contribution in [-0.2, 0) is 0 Å². The lowest BCUT2D eigenvalue weighted by Gasteiger charge is -2.09. The van der Waals surface area contributed by atoms with Crippen LogP contribution in [0.25, 0.3) is 0 Å². The zero-order chi connectivity index (χ0) is 13.8. The van der Waals surface area contributed by atoms with Crippen molar-refractivity contribution < 1.29 is 18.0 Å². The number of hydrogen-bond donors (Lipinski definition) is 2. The van der Waals surface area contributed by atoms with Crippen molar-refractivity contribution in [2.75, 3.05) is 12.3 Å². The van der Waals surface area contributed by atoms with Crippen molar-refractivity contribution >= 4 is 11.6 Å². The molecule has 0 unspecified atom stereocenters. The van der Waals surface area contributed by atoms with Gasteiger partial charge < -0.3 is 11.1 Å². The van der Waals surface area contributed by atoms with Crippen molar-refractivity contribution in [2.45, 2.75) is 25.9 Å². The van der Waals surface area contributed by atoms with Gasteiger partial charge >= 0.3 is 6.18 Å². The Bertz CT molecular complexity index is 430. The Morgan fingerprint density at radius 3 is 2.67 bits per heavy atom. The van der Waals surface area contributed by atoms with E-state index in [0.717, 1.165) is 5.56 Å². The van der Waals surface area contributed by atoms with Crippen molar-refractivity contribution in [1.82, 2.24) is 5.32 Å². The van der Waals surface area contributed by atoms with Gasteiger partial charge in [0.05, 0.1) is 5.56 Å². The topological polar surface area (TPSA) is 55.1 Å². The maximum atomic E-state index is 11.9. The van der Waals surface area contributed by atoms with Crippen LogP contribution in [0.5, 0.6) is 0 Å². The minimum absolute atomic E-state index is 0.0221. The average Bonchev–Trinajstić information content (AvgIpc) is 2.26. The van der Waals surface area contributed by atoms with Gasteiger partial charge in [-0.25, -0.2) is 0 Å². The van der Waals surface area contributed by atoms with Gasteiger partial charge in [0.25, 0.3) is 5.91 Å². The minimum Gasteiger partial charge on any atom is -0.398 e. The SMILES string of the molecule is Cc1ccc(N)c(C(=O)NCCCC(F)(F)F)c1. The Labute approximate surface area is 103 Å². The van der Waals surface area contributed by atoms with E-state index in [-0.39, 0.29) is 13.0 Å². The fourth-order valence-electron chi connectivity index (χ4n) is 1.45. The Hall–Kier alpha value is -1.72. The highest BCUT2D eigenvalue weighted by atomic mass is 19.4. The average molecular weight is 260 g/mol. The van der Waals surface area contributed by atoms with Crippen molar-refractivity contribution in [2.24, 2.45) is 0 Å². The molecule has 0 bridgehead atoms. The molecule has 0 spiro atoms. The summed E-state index contributed by atoms with van der Waals surface area (Å²) in [5.74, 6) is -0.446. The number of benzene rings is 1. The maximum absolute atomic E-state index is 11.9. The first-order chi connectivity index (χ1) is 8.29. The fraction of sp³-hybridized carbons (Fsp3) is 0.417. The zero-order valence-electron chi connectivity index (χ0n) is 9.97. The number of halogens is 3. The maximum Gasteiger partial charge on any atom is 0.389 e. The van der Waals surface area contributed by atoms with Gasteiger partial charge in [-0.2, -0.15) is 13.2 Å². The van der Waals surface area contributed by atoms with Crippen LogP contribution in [0.1, 0.15) is 28.8 Å². The van der Waals surface area contributed by atoms with Crippen LogP contribution in [0, 0.1) is 6.92 Å². The van der Waals surface area contributed by atoms with Crippen molar-refractivity contribution in [3.05, 3.63) is 29.3 Å². The number of amides is 1. The Balaban J connectivity index is 2.48. The normalized spacial score (nSPS) is 11.3. The predicted octanol–water partition coefficient (Wildman–Crippen LogP) is 2.65. The molecule has 0 atom stereocenters. The monoisotopic (exact) mass is 260 g/mol. The van der Waals surface area contributed by atoms with E-state index in [9.17, 15) is 18.0 Å². The van der Waals surface area contributed by atoms with Crippen molar-refractivity contribution in [1.29, 1.82) is 0 Å². The van der Waals surface area contributed by atoms with Gasteiger partial charge in [-0.05, 0) is 25.5 Å². The van der Waals surface area contributed by atoms with Gasteiger partial charge in [0.15, 0.2) is 0 Å². The third kappa shape index (κ3) is 4.65. The number of alkyl halides is 3. The summed E-state index contributed by atoms with van der Waals surface area (Å²) in [7, 11) is 0. The van der Waals surface area contributed by atoms with Gasteiger partial charge in [-0.1, -0.05) is 11.6 Å². The van der Waals surface area contributed by atoms with Crippen LogP contribution in [0.4, 0.5) is 18.9 Å². The number of carbonyl (C=O) groups excluding carboxylic acids is 1. The van der Waals surface area contributed by atoms with Crippen molar-refractivity contribution in [3.63, 3.8) is 0 Å². The molecular formula is C12H15F3N2O. The lowest BCUT2D eigenvalue weighted by atomic mass is 10.1. The molecule has 1 aromatic carbocycles. The summed E-state index contributed by atoms with van der Waals surface area (Å²) in [5, 5.41) is 2.42. The van der Waals surface area contributed by atoms with E-state index in [2.05, 4.69) is 5.32 Å². The molecule has 1 aromatic rings. The molecule has 0 saturated heterocycles. The number of rotatable bonds is 4. The van der Waals surface area contributed by atoms with Crippen LogP contribution in [0.2, 0.25) is 0 Å². The zero-order valence-corrected chi connectivity index (χ0v) is 9.97. The minimum atomic E-state index is -4.19. The molecular weight excluding hydrogens is 245 g/mol. The second-order valence-electron chi connectivity index (χ2n) is 4.07. The molecule has 3 nitrogen and oxygen atoms in total. The molecule has 0 heterocycles. The first-order valence-corrected chi connectivity index (χ1v) is 5.50. The summed E-state index contributed by atoms with van der Waals surface area (Å²) in [6.07, 6.45) is -5.23. The molecule has 1 rings (SSSR count). The lowest BCUT2D eigenvalue weighted by Crippen LogP contribution is -2.26. The molecule has 100 valence electrons. The van der Waals surface area contributed by atoms with Crippen LogP contribution < -0.4 is 11.1 Å². The Morgan fingerprint density at radius 1 is 1.39 bits per heavy atom. The summed E-state index contributed by atoms with van der Waals surface area (Å²) in [6.45, 7) is 1.78. The fourth-order valence-corrected chi connectivity index (χ4v) is 1.45. The smallest absolute Gasteiger partial charge is 0.389 e. The number of aryl methyl sites for hydroxylation is 1. The number of carbonyl (C=O) groups is 1. The lowest BCUT2D eigenvalue weighted by molar-refractivity contribution is -0.135. The highest BCUT2D eigenvalue weighted by Crippen LogP contribution is 2.20. The highest BCUT2D eigenvalue weighted by Gasteiger charge is 2.26. The van der Waals surface area contributed by atoms with E-state index in [1.54, 1.807) is 25.1 Å². The van der Waals surface area contributed by atoms with Gasteiger partial charge in [0.1, 0.15) is 0 Å². The predicted molar refractivity (Wildman–Crippen MR) is 63.2 cm³/mol. The van der Waals surface area contributed by atoms with E-state index in [4.69, 9.17) is 5.73 Å². The number of nitrogens with two attached hydrogens (primary N) is 1. The molecule has 6 heteroatoms. The summed E-state index contributed by atoms with van der Waals surface area (Å²) in [5.41, 5.74) is 7.10. The van der Waals surface area contributed by atoms with Crippen LogP contribution in [-0.4, -0.2) is 18.6 Å². The second kappa shape index (κ2) is 5.75. The largest absolute Gasteiger partial charge is 0.398 e. The summed E-state index contributed by atoms with van der Waals surface area (Å²) >= 11 is 0. The van der Waals surface area contributed by atoms with Crippen LogP contribution in [0.3, 0.4) is 0 Å². The number of nitrogens with one attached hydrogen (secondary N) is 1. The first-order valence-electron chi connectivity index (χ1n) is 5.50. The molecule has 18 heavy (non-hydrogen) atoms. The van der Waals surface area contributed by atoms with Gasteiger partial charge in [-0.3, -0.25) is 4.79 Å². The van der Waals surface area contributed by atoms with Gasteiger partial charge in [0.2, 0.25) is 0 Å². The van der Waals surface area contributed by atoms with E-state index >= 15 is 0 Å². The quantitative estimate of drug-likeness (QED) is 0.646. The second-order valence-corrected chi connectivity index (χ2v) is 4.07. The Morgan fingerprint density at radius 2 is 2.06 bits per heavy atom. The molecule has 1 amide bonds. The van der Waals surface area contributed by atoms with E-state index in [1.165, 1.54) is 0 Å². The molecule has 0 fully saturated rings. The molecule has 0 saturated carbocycles. The summed E-state index contributed by atoms with van der Waals surface area (Å²) < 4.78 is 35.7. The Kier molecular flexibility index (Phi) is 4.58. The van der Waals surface area contributed by atoms with E-state index in [1.807, 2.05) is 0 Å². The first kappa shape index (κ1) is 14.3. The summed E-state index contributed by atoms with van der Waals surface area (Å²) in [4.78, 5) is 11.7.